The van der Waals surface area contributed by atoms with Gasteiger partial charge in [0.1, 0.15) is 36.8 Å². The van der Waals surface area contributed by atoms with Gasteiger partial charge in [0, 0.05) is 45.2 Å². The van der Waals surface area contributed by atoms with Crippen LogP contribution in [0, 0.1) is 6.92 Å². The van der Waals surface area contributed by atoms with Gasteiger partial charge in [0.25, 0.3) is 0 Å². The molecule has 2 aromatic rings. The molecule has 2 N–H and O–H groups in total. The number of esters is 5. The number of carbonyl (C=O) groups is 6. The van der Waals surface area contributed by atoms with Gasteiger partial charge in [0.15, 0.2) is 12.2 Å². The van der Waals surface area contributed by atoms with Crippen LogP contribution in [0.25, 0.3) is 11.0 Å². The summed E-state index contributed by atoms with van der Waals surface area (Å²) in [4.78, 5) is 86.6. The van der Waals surface area contributed by atoms with Crippen LogP contribution in [0.5, 0.6) is 5.75 Å². The van der Waals surface area contributed by atoms with E-state index in [4.69, 9.17) is 37.6 Å². The minimum atomic E-state index is -2.54. The normalized spacial score (nSPS) is 21.8. The molecule has 1 aromatic heterocycles. The number of ether oxygens (including phenoxy) is 7. The van der Waals surface area contributed by atoms with Crippen molar-refractivity contribution in [3.63, 3.8) is 0 Å². The molecule has 1 aliphatic rings. The average molecular weight is 666 g/mol. The summed E-state index contributed by atoms with van der Waals surface area (Å²) in [5, 5.41) is 12.5. The van der Waals surface area contributed by atoms with Crippen LogP contribution in [-0.4, -0.2) is 97.4 Å². The highest BCUT2D eigenvalue weighted by molar-refractivity contribution is 5.82. The number of hydrogen-bond donors (Lipinski definition) is 2. The third-order valence-corrected chi connectivity index (χ3v) is 6.80. The number of nitrogens with one attached hydrogen (secondary N) is 1. The number of fused-ring (bicyclic) bond motifs is 1. The van der Waals surface area contributed by atoms with Gasteiger partial charge in [-0.15, -0.1) is 0 Å². The van der Waals surface area contributed by atoms with Gasteiger partial charge in [-0.25, -0.2) is 9.59 Å². The van der Waals surface area contributed by atoms with Crippen LogP contribution < -0.4 is 15.7 Å². The molecule has 0 spiro atoms. The Bertz CT molecular complexity index is 1580. The van der Waals surface area contributed by atoms with E-state index >= 15 is 0 Å². The van der Waals surface area contributed by atoms with E-state index in [1.54, 1.807) is 13.0 Å². The van der Waals surface area contributed by atoms with Gasteiger partial charge < -0.3 is 48.0 Å². The fourth-order valence-electron chi connectivity index (χ4n) is 5.06. The number of hydrogen-bond acceptors (Lipinski definition) is 16. The Morgan fingerprint density at radius 1 is 1.00 bits per heavy atom. The zero-order valence-electron chi connectivity index (χ0n) is 26.4. The molecule has 1 amide bonds. The predicted octanol–water partition coefficient (Wildman–Crippen LogP) is -0.0263. The molecule has 1 fully saturated rings. The lowest BCUT2D eigenvalue weighted by Crippen LogP contribution is -2.70. The molecule has 0 unspecified atom stereocenters. The van der Waals surface area contributed by atoms with Crippen molar-refractivity contribution in [1.29, 1.82) is 0 Å². The molecule has 1 aromatic carbocycles. The Hall–Kier alpha value is -5.03. The molecule has 0 saturated carbocycles. The second kappa shape index (κ2) is 15.5. The van der Waals surface area contributed by atoms with Gasteiger partial charge in [-0.2, -0.15) is 0 Å². The second-order valence-corrected chi connectivity index (χ2v) is 10.5. The molecular formula is C30H35NO16. The quantitative estimate of drug-likeness (QED) is 0.172. The summed E-state index contributed by atoms with van der Waals surface area (Å²) < 4.78 is 43.9. The smallest absolute Gasteiger partial charge is 0.379 e. The maximum absolute atomic E-state index is 13.6. The van der Waals surface area contributed by atoms with E-state index < -0.39 is 97.3 Å². The van der Waals surface area contributed by atoms with E-state index in [2.05, 4.69) is 5.32 Å². The van der Waals surface area contributed by atoms with Crippen molar-refractivity contribution in [1.82, 2.24) is 5.32 Å². The van der Waals surface area contributed by atoms with Crippen molar-refractivity contribution in [2.24, 2.45) is 0 Å². The lowest BCUT2D eigenvalue weighted by Gasteiger charge is -2.48. The van der Waals surface area contributed by atoms with Gasteiger partial charge in [0.05, 0.1) is 19.6 Å². The molecular weight excluding hydrogens is 630 g/mol. The molecule has 47 heavy (non-hydrogen) atoms. The summed E-state index contributed by atoms with van der Waals surface area (Å²) in [6.45, 7) is 4.05. The number of aliphatic hydroxyl groups excluding tert-OH is 1. The topological polar surface area (TPSA) is 229 Å². The van der Waals surface area contributed by atoms with Crippen molar-refractivity contribution < 1.29 is 71.4 Å². The van der Waals surface area contributed by atoms with Crippen LogP contribution in [0.1, 0.15) is 39.7 Å². The second-order valence-electron chi connectivity index (χ2n) is 10.5. The van der Waals surface area contributed by atoms with Crippen LogP contribution in [0.3, 0.4) is 0 Å². The van der Waals surface area contributed by atoms with Crippen molar-refractivity contribution >= 4 is 46.7 Å². The number of rotatable bonds is 12. The van der Waals surface area contributed by atoms with Crippen LogP contribution >= 0.6 is 0 Å². The molecule has 3 rings (SSSR count). The van der Waals surface area contributed by atoms with Gasteiger partial charge in [-0.1, -0.05) is 0 Å². The van der Waals surface area contributed by atoms with Crippen molar-refractivity contribution in [3.05, 3.63) is 40.2 Å². The molecule has 0 bridgehead atoms. The van der Waals surface area contributed by atoms with Gasteiger partial charge in [-0.05, 0) is 24.6 Å². The average Bonchev–Trinajstić information content (AvgIpc) is 2.97. The predicted molar refractivity (Wildman–Crippen MR) is 154 cm³/mol. The first kappa shape index (κ1) is 36.4. The van der Waals surface area contributed by atoms with E-state index in [0.29, 0.717) is 10.9 Å². The number of amides is 1. The Morgan fingerprint density at radius 3 is 2.26 bits per heavy atom. The zero-order chi connectivity index (χ0) is 35.1. The molecule has 1 saturated heterocycles. The summed E-state index contributed by atoms with van der Waals surface area (Å²) in [5.74, 6) is -8.41. The van der Waals surface area contributed by atoms with Crippen LogP contribution in [0.4, 0.5) is 0 Å². The van der Waals surface area contributed by atoms with Gasteiger partial charge in [0.2, 0.25) is 5.91 Å². The highest BCUT2D eigenvalue weighted by Crippen LogP contribution is 2.38. The van der Waals surface area contributed by atoms with Crippen molar-refractivity contribution in [2.45, 2.75) is 77.3 Å². The fraction of sp³-hybridized carbons (Fsp3) is 0.500. The van der Waals surface area contributed by atoms with Crippen molar-refractivity contribution in [3.8, 4) is 5.75 Å². The minimum absolute atomic E-state index is 0.0820. The molecule has 17 heteroatoms. The number of aliphatic hydroxyl groups is 1. The number of aryl methyl sites for hydroxylation is 1. The van der Waals surface area contributed by atoms with E-state index in [1.165, 1.54) is 18.2 Å². The molecule has 6 atom stereocenters. The molecule has 2 heterocycles. The first-order valence-electron chi connectivity index (χ1n) is 14.1. The standard InChI is InChI=1S/C30H35NO16/c1-14-9-25(38)45-21-10-19(7-8-20(14)21)46-30(29(39)40-6)11-22(42-16(3)34)26(31-24(37)12-32)28(47-30)27(44-18(5)36)23(43-17(4)35)13-41-15(2)33/h7-10,22-23,26-28,32H,11-13H2,1-6H3,(H,31,37)/t22-,23+,26+,27-,28+,30+/m0/s1. The summed E-state index contributed by atoms with van der Waals surface area (Å²) in [6.07, 6.45) is -7.39. The third-order valence-electron chi connectivity index (χ3n) is 6.80. The Labute approximate surface area is 267 Å². The SMILES string of the molecule is COC(=O)[C@@]1(Oc2ccc3c(C)cc(=O)oc3c2)C[C@H](OC(C)=O)[C@@H](NC(=O)CO)[C@H]([C@@H](OC(C)=O)[C@@H](COC(C)=O)OC(C)=O)O1. The molecule has 256 valence electrons. The van der Waals surface area contributed by atoms with Crippen LogP contribution in [0.2, 0.25) is 0 Å². The molecule has 1 aliphatic heterocycles. The Kier molecular flexibility index (Phi) is 12.0. The monoisotopic (exact) mass is 665 g/mol. The number of carbonyl (C=O) groups excluding carboxylic acids is 6. The highest BCUT2D eigenvalue weighted by atomic mass is 16.7. The van der Waals surface area contributed by atoms with E-state index in [-0.39, 0.29) is 11.3 Å². The van der Waals surface area contributed by atoms with Crippen molar-refractivity contribution in [2.75, 3.05) is 20.3 Å². The lowest BCUT2D eigenvalue weighted by atomic mass is 9.88. The van der Waals surface area contributed by atoms with Gasteiger partial charge >= 0.3 is 41.3 Å². The summed E-state index contributed by atoms with van der Waals surface area (Å²) in [6, 6.07) is 4.02. The minimum Gasteiger partial charge on any atom is -0.464 e. The molecule has 17 nitrogen and oxygen atoms in total. The summed E-state index contributed by atoms with van der Waals surface area (Å²) in [5.41, 5.74) is 0.0127. The van der Waals surface area contributed by atoms with E-state index in [1.807, 2.05) is 0 Å². The van der Waals surface area contributed by atoms with E-state index in [0.717, 1.165) is 34.8 Å². The highest BCUT2D eigenvalue weighted by Gasteiger charge is 2.60. The Balaban J connectivity index is 2.27. The number of benzene rings is 1. The Morgan fingerprint density at radius 2 is 1.68 bits per heavy atom. The number of methoxy groups -OCH3 is 1. The largest absolute Gasteiger partial charge is 0.464 e. The summed E-state index contributed by atoms with van der Waals surface area (Å²) >= 11 is 0. The lowest BCUT2D eigenvalue weighted by molar-refractivity contribution is -0.289. The third kappa shape index (κ3) is 9.26. The summed E-state index contributed by atoms with van der Waals surface area (Å²) in [7, 11) is 1.00. The van der Waals surface area contributed by atoms with E-state index in [9.17, 15) is 38.7 Å². The first-order valence-corrected chi connectivity index (χ1v) is 14.1. The maximum atomic E-state index is 13.6. The molecule has 0 aliphatic carbocycles. The zero-order valence-corrected chi connectivity index (χ0v) is 26.4. The first-order chi connectivity index (χ1) is 22.1. The molecule has 0 radical (unpaired) electrons. The maximum Gasteiger partial charge on any atom is 0.379 e. The fourth-order valence-corrected chi connectivity index (χ4v) is 5.06. The van der Waals surface area contributed by atoms with Crippen LogP contribution in [-0.2, 0) is 57.2 Å². The van der Waals surface area contributed by atoms with Gasteiger partial charge in [-0.3, -0.25) is 24.0 Å². The van der Waals surface area contributed by atoms with Crippen LogP contribution in [0.15, 0.2) is 33.5 Å².